The van der Waals surface area contributed by atoms with Gasteiger partial charge in [-0.1, -0.05) is 13.3 Å². The van der Waals surface area contributed by atoms with E-state index in [1.54, 1.807) is 0 Å². The molecule has 0 spiro atoms. The van der Waals surface area contributed by atoms with Crippen LogP contribution in [0.25, 0.3) is 0 Å². The van der Waals surface area contributed by atoms with E-state index in [1.807, 2.05) is 4.90 Å². The highest BCUT2D eigenvalue weighted by Crippen LogP contribution is 2.02. The summed E-state index contributed by atoms with van der Waals surface area (Å²) in [5, 5.41) is 28.2. The molecule has 0 aromatic carbocycles. The summed E-state index contributed by atoms with van der Waals surface area (Å²) in [5.74, 6) is 0. The molecular formula is C21H40N4O9. The van der Waals surface area contributed by atoms with E-state index in [9.17, 15) is 29.7 Å². The third kappa shape index (κ3) is 13.4. The van der Waals surface area contributed by atoms with Gasteiger partial charge in [-0.15, -0.1) is 0 Å². The molecule has 3 N–H and O–H groups in total. The summed E-state index contributed by atoms with van der Waals surface area (Å²) in [5.41, 5.74) is 0. The smallest absolute Gasteiger partial charge is 0.407 e. The fraction of sp³-hybridized carbons (Fsp3) is 0.857. The number of carboxylic acid groups (broad SMARTS) is 3. The fourth-order valence-corrected chi connectivity index (χ4v) is 3.23. The van der Waals surface area contributed by atoms with Crippen LogP contribution in [0.5, 0.6) is 0 Å². The van der Waals surface area contributed by atoms with E-state index in [0.29, 0.717) is 52.7 Å². The molecular weight excluding hydrogens is 452 g/mol. The van der Waals surface area contributed by atoms with E-state index in [4.69, 9.17) is 14.2 Å². The Labute approximate surface area is 200 Å². The van der Waals surface area contributed by atoms with Crippen LogP contribution in [0.3, 0.4) is 0 Å². The summed E-state index contributed by atoms with van der Waals surface area (Å²) < 4.78 is 16.5. The minimum absolute atomic E-state index is 0.0124. The van der Waals surface area contributed by atoms with Gasteiger partial charge in [-0.3, -0.25) is 4.90 Å². The third-order valence-corrected chi connectivity index (χ3v) is 5.40. The van der Waals surface area contributed by atoms with Crippen LogP contribution >= 0.6 is 0 Å². The maximum Gasteiger partial charge on any atom is 0.407 e. The normalized spacial score (nSPS) is 16.7. The second-order valence-corrected chi connectivity index (χ2v) is 7.84. The molecule has 0 aromatic rings. The molecule has 1 saturated heterocycles. The highest BCUT2D eigenvalue weighted by Gasteiger charge is 2.22. The molecule has 0 radical (unpaired) electrons. The van der Waals surface area contributed by atoms with Gasteiger partial charge in [0.2, 0.25) is 0 Å². The van der Waals surface area contributed by atoms with Gasteiger partial charge in [-0.25, -0.2) is 14.4 Å². The Hall–Kier alpha value is -2.35. The number of hydrogen-bond acceptors (Lipinski definition) is 7. The van der Waals surface area contributed by atoms with E-state index in [1.165, 1.54) is 9.80 Å². The van der Waals surface area contributed by atoms with Gasteiger partial charge in [0.1, 0.15) is 0 Å². The van der Waals surface area contributed by atoms with Crippen LogP contribution in [0.4, 0.5) is 14.4 Å². The van der Waals surface area contributed by atoms with Gasteiger partial charge in [0, 0.05) is 65.5 Å². The summed E-state index contributed by atoms with van der Waals surface area (Å²) in [7, 11) is 0. The van der Waals surface area contributed by atoms with Crippen molar-refractivity contribution in [2.45, 2.75) is 19.8 Å². The topological polar surface area (TPSA) is 153 Å². The zero-order valence-corrected chi connectivity index (χ0v) is 20.1. The number of ether oxygens (including phenoxy) is 3. The quantitative estimate of drug-likeness (QED) is 0.338. The van der Waals surface area contributed by atoms with Crippen molar-refractivity contribution in [2.75, 3.05) is 98.5 Å². The molecule has 1 rings (SSSR count). The van der Waals surface area contributed by atoms with Crippen molar-refractivity contribution in [1.29, 1.82) is 0 Å². The minimum Gasteiger partial charge on any atom is -0.465 e. The predicted molar refractivity (Wildman–Crippen MR) is 123 cm³/mol. The molecule has 0 bridgehead atoms. The maximum atomic E-state index is 11.6. The van der Waals surface area contributed by atoms with Crippen LogP contribution in [-0.4, -0.2) is 152 Å². The SMILES string of the molecule is CCCCOCCOCCOCCN1CCN(C(=O)O)CCN(C(=O)O)CCN(C(=O)O)CC1. The van der Waals surface area contributed by atoms with E-state index in [0.717, 1.165) is 24.3 Å². The summed E-state index contributed by atoms with van der Waals surface area (Å²) in [6, 6.07) is 0. The Morgan fingerprint density at radius 3 is 1.32 bits per heavy atom. The number of nitrogens with zero attached hydrogens (tertiary/aromatic N) is 4. The van der Waals surface area contributed by atoms with E-state index >= 15 is 0 Å². The molecule has 0 saturated carbocycles. The van der Waals surface area contributed by atoms with Crippen molar-refractivity contribution in [2.24, 2.45) is 0 Å². The molecule has 1 aliphatic heterocycles. The van der Waals surface area contributed by atoms with Crippen LogP contribution in [0.2, 0.25) is 0 Å². The van der Waals surface area contributed by atoms with Crippen molar-refractivity contribution in [1.82, 2.24) is 19.6 Å². The van der Waals surface area contributed by atoms with Crippen molar-refractivity contribution in [3.8, 4) is 0 Å². The molecule has 3 amide bonds. The van der Waals surface area contributed by atoms with Gasteiger partial charge in [0.25, 0.3) is 0 Å². The van der Waals surface area contributed by atoms with Crippen LogP contribution in [-0.2, 0) is 14.2 Å². The van der Waals surface area contributed by atoms with Crippen LogP contribution in [0.1, 0.15) is 19.8 Å². The molecule has 13 nitrogen and oxygen atoms in total. The Morgan fingerprint density at radius 1 is 0.588 bits per heavy atom. The molecule has 13 heteroatoms. The lowest BCUT2D eigenvalue weighted by atomic mass is 10.3. The first-order chi connectivity index (χ1) is 16.3. The molecule has 1 fully saturated rings. The van der Waals surface area contributed by atoms with Crippen molar-refractivity contribution >= 4 is 18.3 Å². The average Bonchev–Trinajstić information content (AvgIpc) is 2.78. The standard InChI is InChI=1S/C21H40N4O9/c1-2-3-13-32-15-17-34-18-16-33-14-12-22-4-6-23(19(26)27)8-10-25(21(30)31)11-9-24(7-5-22)20(28)29/h2-18H2,1H3,(H,26,27)(H,28,29)(H,30,31). The largest absolute Gasteiger partial charge is 0.465 e. The Balaban J connectivity index is 2.47. The van der Waals surface area contributed by atoms with E-state index < -0.39 is 18.3 Å². The number of carbonyl (C=O) groups is 3. The lowest BCUT2D eigenvalue weighted by Gasteiger charge is -2.32. The summed E-state index contributed by atoms with van der Waals surface area (Å²) >= 11 is 0. The van der Waals surface area contributed by atoms with Gasteiger partial charge < -0.3 is 44.2 Å². The highest BCUT2D eigenvalue weighted by atomic mass is 16.5. The zero-order valence-electron chi connectivity index (χ0n) is 20.1. The van der Waals surface area contributed by atoms with E-state index in [2.05, 4.69) is 6.92 Å². The minimum atomic E-state index is -1.21. The summed E-state index contributed by atoms with van der Waals surface area (Å²) in [6.45, 7) is 6.74. The molecule has 0 aliphatic carbocycles. The maximum absolute atomic E-state index is 11.6. The molecule has 1 aliphatic rings. The van der Waals surface area contributed by atoms with Crippen LogP contribution in [0, 0.1) is 0 Å². The van der Waals surface area contributed by atoms with Crippen LogP contribution < -0.4 is 0 Å². The van der Waals surface area contributed by atoms with Gasteiger partial charge >= 0.3 is 18.3 Å². The number of hydrogen-bond donors (Lipinski definition) is 3. The first-order valence-corrected chi connectivity index (χ1v) is 11.7. The summed E-state index contributed by atoms with van der Waals surface area (Å²) in [4.78, 5) is 39.9. The van der Waals surface area contributed by atoms with E-state index in [-0.39, 0.29) is 39.3 Å². The molecule has 0 unspecified atom stereocenters. The lowest BCUT2D eigenvalue weighted by Crippen LogP contribution is -2.49. The summed E-state index contributed by atoms with van der Waals surface area (Å²) in [6.07, 6.45) is -1.32. The van der Waals surface area contributed by atoms with Crippen LogP contribution in [0.15, 0.2) is 0 Å². The Bertz CT molecular complexity index is 567. The Morgan fingerprint density at radius 2 is 0.941 bits per heavy atom. The molecule has 198 valence electrons. The second-order valence-electron chi connectivity index (χ2n) is 7.84. The van der Waals surface area contributed by atoms with Gasteiger partial charge in [-0.2, -0.15) is 0 Å². The van der Waals surface area contributed by atoms with Crippen molar-refractivity contribution in [3.63, 3.8) is 0 Å². The fourth-order valence-electron chi connectivity index (χ4n) is 3.23. The molecule has 0 atom stereocenters. The van der Waals surface area contributed by atoms with Crippen molar-refractivity contribution in [3.05, 3.63) is 0 Å². The Kier molecular flexibility index (Phi) is 15.7. The number of unbranched alkanes of at least 4 members (excludes halogenated alkanes) is 1. The van der Waals surface area contributed by atoms with Gasteiger partial charge in [-0.05, 0) is 6.42 Å². The number of rotatable bonds is 12. The number of amides is 3. The molecule has 34 heavy (non-hydrogen) atoms. The van der Waals surface area contributed by atoms with Crippen molar-refractivity contribution < 1.29 is 43.9 Å². The second kappa shape index (κ2) is 18.0. The molecule has 1 heterocycles. The van der Waals surface area contributed by atoms with Gasteiger partial charge in [0.15, 0.2) is 0 Å². The zero-order chi connectivity index (χ0) is 25.2. The average molecular weight is 493 g/mol. The predicted octanol–water partition coefficient (Wildman–Crippen LogP) is 1.09. The first kappa shape index (κ1) is 29.7. The monoisotopic (exact) mass is 492 g/mol. The molecule has 0 aromatic heterocycles. The lowest BCUT2D eigenvalue weighted by molar-refractivity contribution is 0.00932. The first-order valence-electron chi connectivity index (χ1n) is 11.7. The van der Waals surface area contributed by atoms with Gasteiger partial charge in [0.05, 0.1) is 33.0 Å². The third-order valence-electron chi connectivity index (χ3n) is 5.40. The highest BCUT2D eigenvalue weighted by molar-refractivity contribution is 5.67.